The summed E-state index contributed by atoms with van der Waals surface area (Å²) in [5.41, 5.74) is 0.823. The number of hydrogen-bond donors (Lipinski definition) is 1. The van der Waals surface area contributed by atoms with Crippen LogP contribution in [-0.4, -0.2) is 10.1 Å². The van der Waals surface area contributed by atoms with Crippen molar-refractivity contribution in [1.29, 1.82) is 0 Å². The molecule has 0 aliphatic carbocycles. The summed E-state index contributed by atoms with van der Waals surface area (Å²) < 4.78 is 5.50. The molecule has 1 heterocycles. The van der Waals surface area contributed by atoms with E-state index in [1.807, 2.05) is 30.3 Å². The van der Waals surface area contributed by atoms with Crippen molar-refractivity contribution in [3.05, 3.63) is 54.2 Å². The molecule has 0 amide bonds. The number of nitrogens with zero attached hydrogens (tertiary/aromatic N) is 1. The largest absolute Gasteiger partial charge is 0.439 e. The van der Waals surface area contributed by atoms with Gasteiger partial charge in [-0.15, -0.1) is 0 Å². The lowest BCUT2D eigenvalue weighted by atomic mass is 10.2. The Kier molecular flexibility index (Phi) is 2.95. The molecular weight excluding hydrogens is 190 g/mol. The van der Waals surface area contributed by atoms with Crippen molar-refractivity contribution in [2.24, 2.45) is 0 Å². The van der Waals surface area contributed by atoms with Crippen molar-refractivity contribution in [1.82, 2.24) is 4.98 Å². The fraction of sp³-hybridized carbons (Fsp3) is 0.0833. The molecular formula is C12H11NO2. The molecule has 1 N–H and O–H groups in total. The quantitative estimate of drug-likeness (QED) is 0.828. The maximum Gasteiger partial charge on any atom is 0.219 e. The molecule has 0 aliphatic rings. The first kappa shape index (κ1) is 9.68. The van der Waals surface area contributed by atoms with Crippen LogP contribution in [-0.2, 0) is 6.61 Å². The summed E-state index contributed by atoms with van der Waals surface area (Å²) in [5, 5.41) is 8.96. The minimum Gasteiger partial charge on any atom is -0.439 e. The number of rotatable bonds is 3. The van der Waals surface area contributed by atoms with Gasteiger partial charge in [0.25, 0.3) is 0 Å². The van der Waals surface area contributed by atoms with Gasteiger partial charge in [0.1, 0.15) is 5.75 Å². The topological polar surface area (TPSA) is 42.4 Å². The molecule has 0 saturated carbocycles. The van der Waals surface area contributed by atoms with E-state index in [0.29, 0.717) is 11.6 Å². The predicted octanol–water partition coefficient (Wildman–Crippen LogP) is 2.37. The molecule has 3 heteroatoms. The maximum atomic E-state index is 8.96. The lowest BCUT2D eigenvalue weighted by Gasteiger charge is -2.04. The molecule has 0 bridgehead atoms. The second-order valence-corrected chi connectivity index (χ2v) is 3.08. The predicted molar refractivity (Wildman–Crippen MR) is 56.7 cm³/mol. The zero-order chi connectivity index (χ0) is 10.5. The summed E-state index contributed by atoms with van der Waals surface area (Å²) in [5.74, 6) is 1.23. The lowest BCUT2D eigenvalue weighted by molar-refractivity contribution is 0.281. The monoisotopic (exact) mass is 201 g/mol. The third-order valence-corrected chi connectivity index (χ3v) is 1.94. The van der Waals surface area contributed by atoms with Crippen molar-refractivity contribution in [2.45, 2.75) is 6.61 Å². The zero-order valence-electron chi connectivity index (χ0n) is 8.13. The Morgan fingerprint density at radius 2 is 2.07 bits per heavy atom. The van der Waals surface area contributed by atoms with Gasteiger partial charge >= 0.3 is 0 Å². The van der Waals surface area contributed by atoms with Gasteiger partial charge in [0.15, 0.2) is 0 Å². The van der Waals surface area contributed by atoms with Crippen molar-refractivity contribution in [3.63, 3.8) is 0 Å². The number of hydrogen-bond acceptors (Lipinski definition) is 3. The molecule has 0 fully saturated rings. The van der Waals surface area contributed by atoms with E-state index in [0.717, 1.165) is 5.56 Å². The van der Waals surface area contributed by atoms with E-state index in [-0.39, 0.29) is 6.61 Å². The highest BCUT2D eigenvalue weighted by Gasteiger charge is 1.98. The summed E-state index contributed by atoms with van der Waals surface area (Å²) in [6.45, 7) is 0.0133. The average Bonchev–Trinajstić information content (AvgIpc) is 2.31. The third-order valence-electron chi connectivity index (χ3n) is 1.94. The Balaban J connectivity index is 2.17. The number of aliphatic hydroxyl groups is 1. The fourth-order valence-electron chi connectivity index (χ4n) is 1.24. The van der Waals surface area contributed by atoms with Crippen LogP contribution in [0, 0.1) is 0 Å². The van der Waals surface area contributed by atoms with Gasteiger partial charge in [-0.2, -0.15) is 0 Å². The van der Waals surface area contributed by atoms with E-state index in [1.54, 1.807) is 18.3 Å². The Labute approximate surface area is 88.0 Å². The first-order valence-electron chi connectivity index (χ1n) is 4.67. The molecule has 0 unspecified atom stereocenters. The van der Waals surface area contributed by atoms with E-state index in [2.05, 4.69) is 4.98 Å². The van der Waals surface area contributed by atoms with Crippen molar-refractivity contribution in [2.75, 3.05) is 0 Å². The van der Waals surface area contributed by atoms with Gasteiger partial charge in [0, 0.05) is 12.3 Å². The highest BCUT2D eigenvalue weighted by molar-refractivity contribution is 5.31. The summed E-state index contributed by atoms with van der Waals surface area (Å²) in [7, 11) is 0. The normalized spacial score (nSPS) is 9.93. The molecule has 0 atom stereocenters. The molecule has 1 aromatic carbocycles. The smallest absolute Gasteiger partial charge is 0.219 e. The Hall–Kier alpha value is -1.87. The summed E-state index contributed by atoms with van der Waals surface area (Å²) in [6, 6.07) is 12.8. The number of aliphatic hydroxyl groups excluding tert-OH is 1. The van der Waals surface area contributed by atoms with Crippen molar-refractivity contribution < 1.29 is 9.84 Å². The number of pyridine rings is 1. The van der Waals surface area contributed by atoms with E-state index in [4.69, 9.17) is 9.84 Å². The van der Waals surface area contributed by atoms with Crippen LogP contribution in [0.25, 0.3) is 0 Å². The average molecular weight is 201 g/mol. The molecule has 76 valence electrons. The van der Waals surface area contributed by atoms with Gasteiger partial charge in [0.2, 0.25) is 5.88 Å². The van der Waals surface area contributed by atoms with Crippen LogP contribution in [0.1, 0.15) is 5.56 Å². The van der Waals surface area contributed by atoms with Crippen LogP contribution in [0.2, 0.25) is 0 Å². The Morgan fingerprint density at radius 3 is 2.80 bits per heavy atom. The molecule has 0 aliphatic heterocycles. The Bertz CT molecular complexity index is 429. The molecule has 15 heavy (non-hydrogen) atoms. The van der Waals surface area contributed by atoms with Crippen LogP contribution in [0.4, 0.5) is 0 Å². The Morgan fingerprint density at radius 1 is 1.13 bits per heavy atom. The summed E-state index contributed by atoms with van der Waals surface area (Å²) >= 11 is 0. The van der Waals surface area contributed by atoms with Crippen LogP contribution in [0.15, 0.2) is 48.7 Å². The molecule has 0 saturated heterocycles. The van der Waals surface area contributed by atoms with Crippen LogP contribution in [0.3, 0.4) is 0 Å². The molecule has 2 aromatic rings. The fourth-order valence-corrected chi connectivity index (χ4v) is 1.24. The minimum atomic E-state index is 0.0133. The molecule has 0 spiro atoms. The van der Waals surface area contributed by atoms with Gasteiger partial charge in [-0.05, 0) is 23.8 Å². The van der Waals surface area contributed by atoms with Crippen LogP contribution >= 0.6 is 0 Å². The highest BCUT2D eigenvalue weighted by Crippen LogP contribution is 2.19. The lowest BCUT2D eigenvalue weighted by Crippen LogP contribution is -1.88. The van der Waals surface area contributed by atoms with Gasteiger partial charge < -0.3 is 9.84 Å². The number of benzene rings is 1. The van der Waals surface area contributed by atoms with Crippen LogP contribution < -0.4 is 4.74 Å². The van der Waals surface area contributed by atoms with Gasteiger partial charge in [-0.1, -0.05) is 18.2 Å². The van der Waals surface area contributed by atoms with Crippen LogP contribution in [0.5, 0.6) is 11.6 Å². The molecule has 1 aromatic heterocycles. The first-order valence-corrected chi connectivity index (χ1v) is 4.67. The first-order chi connectivity index (χ1) is 7.38. The summed E-state index contributed by atoms with van der Waals surface area (Å²) in [6.07, 6.45) is 1.67. The van der Waals surface area contributed by atoms with Gasteiger partial charge in [0.05, 0.1) is 6.61 Å². The van der Waals surface area contributed by atoms with Crippen molar-refractivity contribution >= 4 is 0 Å². The second-order valence-electron chi connectivity index (χ2n) is 3.08. The molecule has 0 radical (unpaired) electrons. The number of aromatic nitrogens is 1. The van der Waals surface area contributed by atoms with Crippen molar-refractivity contribution in [3.8, 4) is 11.6 Å². The second kappa shape index (κ2) is 4.57. The van der Waals surface area contributed by atoms with E-state index < -0.39 is 0 Å². The third kappa shape index (κ3) is 2.54. The van der Waals surface area contributed by atoms with E-state index >= 15 is 0 Å². The molecule has 2 rings (SSSR count). The highest BCUT2D eigenvalue weighted by atomic mass is 16.5. The minimum absolute atomic E-state index is 0.0133. The summed E-state index contributed by atoms with van der Waals surface area (Å²) in [4.78, 5) is 4.04. The van der Waals surface area contributed by atoms with E-state index in [1.165, 1.54) is 0 Å². The van der Waals surface area contributed by atoms with Gasteiger partial charge in [-0.25, -0.2) is 4.98 Å². The standard InChI is InChI=1S/C12H11NO2/c14-9-10-4-3-5-11(8-10)15-12-6-1-2-7-13-12/h1-8,14H,9H2. The maximum absolute atomic E-state index is 8.96. The van der Waals surface area contributed by atoms with E-state index in [9.17, 15) is 0 Å². The van der Waals surface area contributed by atoms with Gasteiger partial charge in [-0.3, -0.25) is 0 Å². The SMILES string of the molecule is OCc1cccc(Oc2ccccn2)c1. The molecule has 3 nitrogen and oxygen atoms in total. The number of ether oxygens (including phenoxy) is 1. The zero-order valence-corrected chi connectivity index (χ0v) is 8.13.